The number of allylic oxidation sites excluding steroid dienone is 2. The molecule has 168 valence electrons. The van der Waals surface area contributed by atoms with Gasteiger partial charge in [-0.3, -0.25) is 19.4 Å². The van der Waals surface area contributed by atoms with Gasteiger partial charge >= 0.3 is 0 Å². The predicted molar refractivity (Wildman–Crippen MR) is 131 cm³/mol. The van der Waals surface area contributed by atoms with E-state index in [0.29, 0.717) is 11.4 Å². The summed E-state index contributed by atoms with van der Waals surface area (Å²) in [6.07, 6.45) is 9.94. The minimum absolute atomic E-state index is 0.107. The summed E-state index contributed by atoms with van der Waals surface area (Å²) in [7, 11) is 0. The van der Waals surface area contributed by atoms with Crippen LogP contribution in [0.5, 0.6) is 0 Å². The zero-order chi connectivity index (χ0) is 23.4. The van der Waals surface area contributed by atoms with Crippen molar-refractivity contribution in [3.8, 4) is 0 Å². The summed E-state index contributed by atoms with van der Waals surface area (Å²) in [5, 5.41) is 3.89. The van der Waals surface area contributed by atoms with Crippen molar-refractivity contribution in [1.29, 1.82) is 0 Å². The van der Waals surface area contributed by atoms with Crippen LogP contribution in [0.25, 0.3) is 17.0 Å². The Labute approximate surface area is 197 Å². The highest BCUT2D eigenvalue weighted by Crippen LogP contribution is 2.53. The van der Waals surface area contributed by atoms with Crippen LogP contribution >= 0.6 is 0 Å². The van der Waals surface area contributed by atoms with Gasteiger partial charge in [-0.1, -0.05) is 36.4 Å². The van der Waals surface area contributed by atoms with E-state index in [1.165, 1.54) is 11.0 Å². The molecule has 0 spiro atoms. The fraction of sp³-hybridized carbons (Fsp3) is 0.214. The van der Waals surface area contributed by atoms with E-state index in [0.717, 1.165) is 28.5 Å². The molecule has 6 rings (SSSR count). The second-order valence-corrected chi connectivity index (χ2v) is 9.26. The quantitative estimate of drug-likeness (QED) is 0.361. The molecule has 6 nitrogen and oxygen atoms in total. The van der Waals surface area contributed by atoms with Gasteiger partial charge < -0.3 is 5.32 Å². The lowest BCUT2D eigenvalue weighted by Gasteiger charge is -2.17. The fourth-order valence-electron chi connectivity index (χ4n) is 5.69. The Bertz CT molecular complexity index is 1390. The average molecular weight is 450 g/mol. The SMILES string of the molecule is Cc1ccnc2c(NC(=O)/C=C/c3cccc(N4C(=O)[C@@H]5[C@@H](C4=O)[C@H]4C=C[C@@H]5C4)c3)cccc12. The summed E-state index contributed by atoms with van der Waals surface area (Å²) in [4.78, 5) is 44.5. The minimum Gasteiger partial charge on any atom is -0.321 e. The Morgan fingerprint density at radius 3 is 2.53 bits per heavy atom. The lowest BCUT2D eigenvalue weighted by Crippen LogP contribution is -2.32. The number of anilines is 2. The Balaban J connectivity index is 1.21. The van der Waals surface area contributed by atoms with Crippen LogP contribution in [-0.4, -0.2) is 22.7 Å². The van der Waals surface area contributed by atoms with Crippen molar-refractivity contribution in [1.82, 2.24) is 4.98 Å². The van der Waals surface area contributed by atoms with Gasteiger partial charge in [-0.05, 0) is 66.6 Å². The van der Waals surface area contributed by atoms with E-state index < -0.39 is 0 Å². The monoisotopic (exact) mass is 449 g/mol. The van der Waals surface area contributed by atoms with Crippen molar-refractivity contribution < 1.29 is 14.4 Å². The van der Waals surface area contributed by atoms with Crippen LogP contribution in [0.3, 0.4) is 0 Å². The molecule has 2 bridgehead atoms. The Kier molecular flexibility index (Phi) is 4.69. The fourth-order valence-corrected chi connectivity index (χ4v) is 5.69. The summed E-state index contributed by atoms with van der Waals surface area (Å²) in [6, 6.07) is 14.8. The molecule has 0 radical (unpaired) electrons. The number of carbonyl (C=O) groups excluding carboxylic acids is 3. The predicted octanol–water partition coefficient (Wildman–Crippen LogP) is 4.51. The van der Waals surface area contributed by atoms with Crippen LogP contribution < -0.4 is 10.2 Å². The van der Waals surface area contributed by atoms with Gasteiger partial charge in [-0.25, -0.2) is 4.90 Å². The normalized spacial score (nSPS) is 25.0. The zero-order valence-electron chi connectivity index (χ0n) is 18.6. The average Bonchev–Trinajstić information content (AvgIpc) is 3.52. The van der Waals surface area contributed by atoms with Crippen molar-refractivity contribution >= 4 is 46.1 Å². The van der Waals surface area contributed by atoms with E-state index in [4.69, 9.17) is 0 Å². The Morgan fingerprint density at radius 2 is 1.76 bits per heavy atom. The van der Waals surface area contributed by atoms with Crippen LogP contribution in [0.4, 0.5) is 11.4 Å². The number of fused-ring (bicyclic) bond motifs is 6. The van der Waals surface area contributed by atoms with Crippen molar-refractivity contribution in [2.45, 2.75) is 13.3 Å². The molecule has 1 saturated heterocycles. The van der Waals surface area contributed by atoms with Gasteiger partial charge in [0.25, 0.3) is 0 Å². The van der Waals surface area contributed by atoms with Gasteiger partial charge in [-0.2, -0.15) is 0 Å². The number of aryl methyl sites for hydroxylation is 1. The molecular formula is C28H23N3O3. The molecule has 1 saturated carbocycles. The number of nitrogens with zero attached hydrogens (tertiary/aromatic N) is 2. The Hall–Kier alpha value is -4.06. The summed E-state index contributed by atoms with van der Waals surface area (Å²) in [6.45, 7) is 2.01. The number of amides is 3. The molecule has 34 heavy (non-hydrogen) atoms. The van der Waals surface area contributed by atoms with Crippen molar-refractivity contribution in [2.75, 3.05) is 10.2 Å². The summed E-state index contributed by atoms with van der Waals surface area (Å²) < 4.78 is 0. The number of hydrogen-bond acceptors (Lipinski definition) is 4. The second kappa shape index (κ2) is 7.76. The van der Waals surface area contributed by atoms with Crippen LogP contribution in [0.15, 0.2) is 73.0 Å². The third kappa shape index (κ3) is 3.17. The topological polar surface area (TPSA) is 79.4 Å². The number of nitrogens with one attached hydrogen (secondary N) is 1. The van der Waals surface area contributed by atoms with Gasteiger partial charge in [0.2, 0.25) is 17.7 Å². The molecule has 2 aliphatic carbocycles. The van der Waals surface area contributed by atoms with Gasteiger partial charge in [0.05, 0.1) is 28.7 Å². The van der Waals surface area contributed by atoms with Crippen molar-refractivity contribution in [3.05, 3.63) is 84.1 Å². The number of aromatic nitrogens is 1. The van der Waals surface area contributed by atoms with Crippen molar-refractivity contribution in [2.24, 2.45) is 23.7 Å². The first-order valence-corrected chi connectivity index (χ1v) is 11.5. The maximum Gasteiger partial charge on any atom is 0.248 e. The zero-order valence-corrected chi connectivity index (χ0v) is 18.6. The third-order valence-electron chi connectivity index (χ3n) is 7.27. The number of carbonyl (C=O) groups is 3. The van der Waals surface area contributed by atoms with Gasteiger partial charge in [0.15, 0.2) is 0 Å². The molecule has 2 aromatic carbocycles. The first-order chi connectivity index (χ1) is 16.5. The lowest BCUT2D eigenvalue weighted by molar-refractivity contribution is -0.123. The Morgan fingerprint density at radius 1 is 1.03 bits per heavy atom. The first kappa shape index (κ1) is 20.5. The van der Waals surface area contributed by atoms with E-state index in [2.05, 4.69) is 22.5 Å². The van der Waals surface area contributed by atoms with Crippen LogP contribution in [0, 0.1) is 30.6 Å². The van der Waals surface area contributed by atoms with Gasteiger partial charge in [0.1, 0.15) is 0 Å². The van der Waals surface area contributed by atoms with Crippen molar-refractivity contribution in [3.63, 3.8) is 0 Å². The third-order valence-corrected chi connectivity index (χ3v) is 7.27. The second-order valence-electron chi connectivity index (χ2n) is 9.26. The maximum atomic E-state index is 13.1. The molecular weight excluding hydrogens is 426 g/mol. The number of imide groups is 1. The van der Waals surface area contributed by atoms with E-state index in [9.17, 15) is 14.4 Å². The number of rotatable bonds is 4. The molecule has 0 unspecified atom stereocenters. The lowest BCUT2D eigenvalue weighted by atomic mass is 9.85. The molecule has 1 aromatic heterocycles. The summed E-state index contributed by atoms with van der Waals surface area (Å²) in [5.74, 6) is -0.609. The first-order valence-electron chi connectivity index (χ1n) is 11.5. The van der Waals surface area contributed by atoms with E-state index in [1.54, 1.807) is 30.5 Å². The van der Waals surface area contributed by atoms with Gasteiger partial charge in [0, 0.05) is 17.7 Å². The number of pyridine rings is 1. The molecule has 3 aliphatic rings. The number of hydrogen-bond donors (Lipinski definition) is 1. The standard InChI is InChI=1S/C28H23N3O3/c1-16-12-13-29-26-21(16)6-3-7-22(26)30-23(32)11-8-17-4-2-5-20(14-17)31-27(33)24-18-9-10-19(15-18)25(24)28(31)34/h2-14,18-19,24-25H,15H2,1H3,(H,30,32)/b11-8+/t18-,19+,24-,25-/m0/s1. The largest absolute Gasteiger partial charge is 0.321 e. The summed E-state index contributed by atoms with van der Waals surface area (Å²) >= 11 is 0. The van der Waals surface area contributed by atoms with Crippen LogP contribution in [0.1, 0.15) is 17.5 Å². The highest BCUT2D eigenvalue weighted by molar-refractivity contribution is 6.23. The number of para-hydroxylation sites is 1. The van der Waals surface area contributed by atoms with E-state index >= 15 is 0 Å². The molecule has 2 heterocycles. The smallest absolute Gasteiger partial charge is 0.248 e. The molecule has 1 aliphatic heterocycles. The number of benzene rings is 2. The molecule has 3 amide bonds. The molecule has 2 fully saturated rings. The highest BCUT2D eigenvalue weighted by atomic mass is 16.2. The highest BCUT2D eigenvalue weighted by Gasteiger charge is 2.59. The molecule has 6 heteroatoms. The molecule has 4 atom stereocenters. The van der Waals surface area contributed by atoms with E-state index in [1.807, 2.05) is 37.3 Å². The van der Waals surface area contributed by atoms with E-state index in [-0.39, 0.29) is 41.4 Å². The summed E-state index contributed by atoms with van der Waals surface area (Å²) in [5.41, 5.74) is 3.77. The van der Waals surface area contributed by atoms with Gasteiger partial charge in [-0.15, -0.1) is 0 Å². The molecule has 3 aromatic rings. The minimum atomic E-state index is -0.285. The molecule has 1 N–H and O–H groups in total. The van der Waals surface area contributed by atoms with Crippen LogP contribution in [-0.2, 0) is 14.4 Å². The van der Waals surface area contributed by atoms with Crippen LogP contribution in [0.2, 0.25) is 0 Å². The maximum absolute atomic E-state index is 13.1.